The smallest absolute Gasteiger partial charge is 0.226 e. The van der Waals surface area contributed by atoms with Gasteiger partial charge in [0.05, 0.1) is 5.69 Å². The summed E-state index contributed by atoms with van der Waals surface area (Å²) in [5, 5.41) is 0. The first kappa shape index (κ1) is 23.0. The summed E-state index contributed by atoms with van der Waals surface area (Å²) in [6.45, 7) is 4.08. The van der Waals surface area contributed by atoms with E-state index in [-0.39, 0.29) is 18.3 Å². The minimum atomic E-state index is 0. The standard InChI is InChI=1S/C27H27N3O2.ClH/c1-19-6-7-23-24(16-19)32-18-22-5-3-12-29-27(22)26(23)21-9-14-30(15-10-21)25(31)17-20-4-2-11-28-13-8-20;/h2-3,5-8,11-13,16H,4,9-10,14-15,17-18H2,1H3;1H. The average Bonchev–Trinajstić information content (AvgIpc) is 3.16. The number of aromatic nitrogens is 1. The minimum Gasteiger partial charge on any atom is -0.488 e. The van der Waals surface area contributed by atoms with Crippen molar-refractivity contribution in [2.24, 2.45) is 4.99 Å². The number of fused-ring (bicyclic) bond motifs is 2. The molecule has 170 valence electrons. The van der Waals surface area contributed by atoms with Crippen LogP contribution in [0, 0.1) is 6.92 Å². The molecule has 5 rings (SSSR count). The van der Waals surface area contributed by atoms with Crippen molar-refractivity contribution in [3.8, 4) is 5.75 Å². The molecule has 0 unspecified atom stereocenters. The molecule has 33 heavy (non-hydrogen) atoms. The molecule has 3 aliphatic heterocycles. The number of hydrogen-bond donors (Lipinski definition) is 0. The normalized spacial score (nSPS) is 17.1. The van der Waals surface area contributed by atoms with Crippen LogP contribution in [0.4, 0.5) is 0 Å². The number of benzene rings is 1. The fourth-order valence-electron chi connectivity index (χ4n) is 4.62. The van der Waals surface area contributed by atoms with Crippen molar-refractivity contribution in [1.82, 2.24) is 9.88 Å². The van der Waals surface area contributed by atoms with Gasteiger partial charge in [-0.1, -0.05) is 35.4 Å². The molecule has 6 heteroatoms. The lowest BCUT2D eigenvalue weighted by molar-refractivity contribution is -0.130. The van der Waals surface area contributed by atoms with Gasteiger partial charge >= 0.3 is 0 Å². The number of carbonyl (C=O) groups excluding carboxylic acids is 1. The molecular weight excluding hydrogens is 434 g/mol. The van der Waals surface area contributed by atoms with E-state index < -0.39 is 0 Å². The molecule has 3 aliphatic rings. The molecular formula is C27H28ClN3O2. The number of likely N-dealkylation sites (tertiary alicyclic amines) is 1. The van der Waals surface area contributed by atoms with Crippen molar-refractivity contribution in [1.29, 1.82) is 0 Å². The van der Waals surface area contributed by atoms with Crippen molar-refractivity contribution in [3.63, 3.8) is 0 Å². The van der Waals surface area contributed by atoms with Crippen LogP contribution in [0.1, 0.15) is 48.1 Å². The van der Waals surface area contributed by atoms with Gasteiger partial charge in [0, 0.05) is 54.8 Å². The Morgan fingerprint density at radius 2 is 2.03 bits per heavy atom. The van der Waals surface area contributed by atoms with Gasteiger partial charge in [-0.3, -0.25) is 14.8 Å². The van der Waals surface area contributed by atoms with Crippen LogP contribution in [0.5, 0.6) is 5.75 Å². The van der Waals surface area contributed by atoms with Crippen molar-refractivity contribution in [2.75, 3.05) is 13.1 Å². The maximum atomic E-state index is 12.9. The van der Waals surface area contributed by atoms with E-state index >= 15 is 0 Å². The lowest BCUT2D eigenvalue weighted by Crippen LogP contribution is -2.36. The van der Waals surface area contributed by atoms with Gasteiger partial charge in [0.1, 0.15) is 12.4 Å². The Hall–Kier alpha value is -3.18. The highest BCUT2D eigenvalue weighted by Crippen LogP contribution is 2.40. The SMILES string of the molecule is Cc1ccc2c(c1)OCc1cccnc1C2=C1CCN(C(=O)CC2=CC=NC=CC2)CC1.Cl. The van der Waals surface area contributed by atoms with E-state index in [1.807, 2.05) is 29.3 Å². The molecule has 0 atom stereocenters. The van der Waals surface area contributed by atoms with Gasteiger partial charge in [-0.05, 0) is 50.0 Å². The van der Waals surface area contributed by atoms with E-state index in [0.717, 1.165) is 60.5 Å². The number of pyridine rings is 1. The highest BCUT2D eigenvalue weighted by Gasteiger charge is 2.27. The van der Waals surface area contributed by atoms with Crippen LogP contribution < -0.4 is 4.74 Å². The summed E-state index contributed by atoms with van der Waals surface area (Å²) in [5.41, 5.74) is 8.07. The largest absolute Gasteiger partial charge is 0.488 e. The third kappa shape index (κ3) is 4.93. The quantitative estimate of drug-likeness (QED) is 0.598. The molecule has 0 bridgehead atoms. The fraction of sp³-hybridized carbons (Fsp3) is 0.296. The van der Waals surface area contributed by atoms with Crippen LogP contribution in [-0.4, -0.2) is 35.1 Å². The second kappa shape index (κ2) is 10.2. The topological polar surface area (TPSA) is 54.8 Å². The molecule has 1 fully saturated rings. The highest BCUT2D eigenvalue weighted by atomic mass is 35.5. The van der Waals surface area contributed by atoms with Crippen molar-refractivity contribution in [2.45, 2.75) is 39.2 Å². The summed E-state index contributed by atoms with van der Waals surface area (Å²) in [5.74, 6) is 1.11. The monoisotopic (exact) mass is 461 g/mol. The molecule has 1 aromatic heterocycles. The number of amides is 1. The molecule has 5 nitrogen and oxygen atoms in total. The van der Waals surface area contributed by atoms with E-state index in [9.17, 15) is 4.79 Å². The van der Waals surface area contributed by atoms with E-state index in [2.05, 4.69) is 36.2 Å². The summed E-state index contributed by atoms with van der Waals surface area (Å²) < 4.78 is 6.17. The zero-order valence-electron chi connectivity index (χ0n) is 18.8. The first-order chi connectivity index (χ1) is 15.7. The number of piperidine rings is 1. The molecule has 1 aromatic carbocycles. The van der Waals surface area contributed by atoms with Crippen molar-refractivity contribution >= 4 is 30.1 Å². The number of aryl methyl sites for hydroxylation is 1. The van der Waals surface area contributed by atoms with Crippen LogP contribution >= 0.6 is 12.4 Å². The Balaban J connectivity index is 0.00000259. The van der Waals surface area contributed by atoms with E-state index in [1.54, 1.807) is 12.4 Å². The first-order valence-electron chi connectivity index (χ1n) is 11.2. The van der Waals surface area contributed by atoms with Crippen LogP contribution in [0.2, 0.25) is 0 Å². The van der Waals surface area contributed by atoms with Crippen molar-refractivity contribution < 1.29 is 9.53 Å². The maximum absolute atomic E-state index is 12.9. The number of nitrogens with zero attached hydrogens (tertiary/aromatic N) is 3. The number of ether oxygens (including phenoxy) is 1. The van der Waals surface area contributed by atoms with Gasteiger partial charge in [-0.25, -0.2) is 0 Å². The summed E-state index contributed by atoms with van der Waals surface area (Å²) >= 11 is 0. The van der Waals surface area contributed by atoms with E-state index in [0.29, 0.717) is 13.0 Å². The first-order valence-corrected chi connectivity index (χ1v) is 11.2. The van der Waals surface area contributed by atoms with Crippen LogP contribution in [0.15, 0.2) is 71.0 Å². The Labute approximate surface area is 201 Å². The van der Waals surface area contributed by atoms with Gasteiger partial charge in [0.25, 0.3) is 0 Å². The summed E-state index contributed by atoms with van der Waals surface area (Å²) in [6.07, 6.45) is 12.3. The van der Waals surface area contributed by atoms with E-state index in [1.165, 1.54) is 16.7 Å². The molecule has 4 heterocycles. The molecule has 0 saturated carbocycles. The second-order valence-corrected chi connectivity index (χ2v) is 8.55. The van der Waals surface area contributed by atoms with Crippen molar-refractivity contribution in [3.05, 3.63) is 88.4 Å². The summed E-state index contributed by atoms with van der Waals surface area (Å²) in [4.78, 5) is 23.8. The third-order valence-electron chi connectivity index (χ3n) is 6.34. The molecule has 0 aliphatic carbocycles. The predicted octanol–water partition coefficient (Wildman–Crippen LogP) is 5.43. The van der Waals surface area contributed by atoms with Crippen LogP contribution in [0.3, 0.4) is 0 Å². The van der Waals surface area contributed by atoms with Gasteiger partial charge in [0.2, 0.25) is 5.91 Å². The Bertz CT molecular complexity index is 1170. The van der Waals surface area contributed by atoms with Crippen LogP contribution in [-0.2, 0) is 11.4 Å². The zero-order chi connectivity index (χ0) is 21.9. The number of allylic oxidation sites excluding steroid dienone is 2. The number of halogens is 1. The van der Waals surface area contributed by atoms with Gasteiger partial charge < -0.3 is 9.64 Å². The fourth-order valence-corrected chi connectivity index (χ4v) is 4.62. The lowest BCUT2D eigenvalue weighted by Gasteiger charge is -2.30. The predicted molar refractivity (Wildman–Crippen MR) is 134 cm³/mol. The second-order valence-electron chi connectivity index (χ2n) is 8.55. The molecule has 0 radical (unpaired) electrons. The van der Waals surface area contributed by atoms with Gasteiger partial charge in [0.15, 0.2) is 0 Å². The molecule has 1 saturated heterocycles. The summed E-state index contributed by atoms with van der Waals surface area (Å²) in [6, 6.07) is 10.5. The Kier molecular flexibility index (Phi) is 7.09. The Morgan fingerprint density at radius 3 is 2.88 bits per heavy atom. The number of hydrogen-bond acceptors (Lipinski definition) is 4. The Morgan fingerprint density at radius 1 is 1.18 bits per heavy atom. The molecule has 0 N–H and O–H groups in total. The van der Waals surface area contributed by atoms with Gasteiger partial charge in [-0.2, -0.15) is 0 Å². The molecule has 0 spiro atoms. The lowest BCUT2D eigenvalue weighted by atomic mass is 9.88. The highest BCUT2D eigenvalue weighted by molar-refractivity contribution is 5.86. The zero-order valence-corrected chi connectivity index (χ0v) is 19.6. The molecule has 2 aromatic rings. The van der Waals surface area contributed by atoms with Gasteiger partial charge in [-0.15, -0.1) is 12.4 Å². The number of carbonyl (C=O) groups is 1. The van der Waals surface area contributed by atoms with Crippen LogP contribution in [0.25, 0.3) is 5.57 Å². The van der Waals surface area contributed by atoms with E-state index in [4.69, 9.17) is 9.72 Å². The average molecular weight is 462 g/mol. The maximum Gasteiger partial charge on any atom is 0.226 e. The molecule has 1 amide bonds. The number of rotatable bonds is 2. The minimum absolute atomic E-state index is 0. The number of aliphatic imine (C=N–C) groups is 1. The third-order valence-corrected chi connectivity index (χ3v) is 6.34. The summed E-state index contributed by atoms with van der Waals surface area (Å²) in [7, 11) is 0.